The van der Waals surface area contributed by atoms with Crippen molar-refractivity contribution < 1.29 is 0 Å². The number of nitriles is 1. The van der Waals surface area contributed by atoms with Gasteiger partial charge in [0.15, 0.2) is 0 Å². The molecule has 3 aliphatic carbocycles. The first-order valence-corrected chi connectivity index (χ1v) is 11.6. The minimum atomic E-state index is 0.789. The Labute approximate surface area is 173 Å². The van der Waals surface area contributed by atoms with E-state index in [4.69, 9.17) is 0 Å². The van der Waals surface area contributed by atoms with E-state index in [0.717, 1.165) is 61.9 Å². The first-order chi connectivity index (χ1) is 14.3. The van der Waals surface area contributed by atoms with E-state index in [1.807, 2.05) is 0 Å². The fourth-order valence-corrected chi connectivity index (χ4v) is 5.70. The Morgan fingerprint density at radius 3 is 2.48 bits per heavy atom. The molecule has 154 valence electrons. The lowest BCUT2D eigenvalue weighted by atomic mass is 9.87. The molecule has 0 amide bonds. The van der Waals surface area contributed by atoms with Crippen LogP contribution in [0.4, 0.5) is 0 Å². The summed E-state index contributed by atoms with van der Waals surface area (Å²) >= 11 is 0. The Morgan fingerprint density at radius 2 is 1.72 bits per heavy atom. The third kappa shape index (κ3) is 3.61. The van der Waals surface area contributed by atoms with Gasteiger partial charge in [-0.2, -0.15) is 10.1 Å². The van der Waals surface area contributed by atoms with Gasteiger partial charge in [0.2, 0.25) is 0 Å². The lowest BCUT2D eigenvalue weighted by molar-refractivity contribution is 0.207. The zero-order valence-corrected chi connectivity index (χ0v) is 17.4. The van der Waals surface area contributed by atoms with Crippen LogP contribution < -0.4 is 5.01 Å². The highest BCUT2D eigenvalue weighted by Gasteiger charge is 2.31. The molecular weight excluding hydrogens is 360 g/mol. The van der Waals surface area contributed by atoms with Crippen LogP contribution in [-0.2, 0) is 12.8 Å². The summed E-state index contributed by atoms with van der Waals surface area (Å²) in [6, 6.07) is 2.43. The number of nitrogens with zero attached hydrogens (tertiary/aromatic N) is 6. The van der Waals surface area contributed by atoms with Gasteiger partial charge < -0.3 is 0 Å². The molecule has 6 heteroatoms. The van der Waals surface area contributed by atoms with E-state index in [2.05, 4.69) is 30.9 Å². The zero-order valence-electron chi connectivity index (χ0n) is 17.4. The minimum absolute atomic E-state index is 0.789. The molecule has 0 radical (unpaired) electrons. The summed E-state index contributed by atoms with van der Waals surface area (Å²) in [5, 5.41) is 16.7. The van der Waals surface area contributed by atoms with E-state index in [1.54, 1.807) is 6.33 Å². The van der Waals surface area contributed by atoms with Crippen LogP contribution >= 0.6 is 0 Å². The van der Waals surface area contributed by atoms with E-state index in [0.29, 0.717) is 0 Å². The number of rotatable bonds is 4. The molecule has 0 bridgehead atoms. The van der Waals surface area contributed by atoms with Crippen LogP contribution in [0.2, 0.25) is 0 Å². The maximum absolute atomic E-state index is 9.74. The van der Waals surface area contributed by atoms with E-state index >= 15 is 0 Å². The Hall–Kier alpha value is -2.13. The molecule has 0 aromatic rings. The molecule has 5 aliphatic rings. The molecule has 0 spiro atoms. The van der Waals surface area contributed by atoms with Crippen molar-refractivity contribution >= 4 is 0 Å². The molecule has 0 unspecified atom stereocenters. The lowest BCUT2D eigenvalue weighted by Gasteiger charge is -2.37. The molecule has 2 heterocycles. The van der Waals surface area contributed by atoms with Gasteiger partial charge in [0.1, 0.15) is 23.8 Å². The average molecular weight is 393 g/mol. The van der Waals surface area contributed by atoms with Gasteiger partial charge in [0, 0.05) is 26.2 Å². The van der Waals surface area contributed by atoms with E-state index in [-0.39, 0.29) is 0 Å². The number of fused-ring (bicyclic) bond motifs is 3. The van der Waals surface area contributed by atoms with Crippen molar-refractivity contribution in [2.24, 2.45) is 5.92 Å². The van der Waals surface area contributed by atoms with Crippen molar-refractivity contribution in [3.8, 4) is 17.5 Å². The summed E-state index contributed by atoms with van der Waals surface area (Å²) in [4.78, 5) is 9.22. The summed E-state index contributed by atoms with van der Waals surface area (Å²) in [6.07, 6.45) is 14.6. The summed E-state index contributed by atoms with van der Waals surface area (Å²) in [6.45, 7) is 5.41. The summed E-state index contributed by atoms with van der Waals surface area (Å²) in [7, 11) is 0. The highest BCUT2D eigenvalue weighted by atomic mass is 15.7. The Balaban J connectivity index is 1.29. The van der Waals surface area contributed by atoms with Crippen molar-refractivity contribution in [3.63, 3.8) is 0 Å². The number of piperazine rings is 1. The lowest BCUT2D eigenvalue weighted by Crippen LogP contribution is -2.52. The monoisotopic (exact) mass is 392 g/mol. The standard InChI is InChI=1S/C23H32N6/c24-16-21-19-8-4-5-9-20(19)23-22(21)25-17-26-29(23)28-14-12-27(13-15-28)11-10-18-6-2-1-3-7-18/h17-18H,1-15H2. The molecule has 0 N–H and O–H groups in total. The van der Waals surface area contributed by atoms with Crippen LogP contribution in [0.5, 0.6) is 0 Å². The van der Waals surface area contributed by atoms with E-state index < -0.39 is 0 Å². The van der Waals surface area contributed by atoms with Crippen LogP contribution in [0, 0.1) is 17.2 Å². The van der Waals surface area contributed by atoms with Crippen LogP contribution in [0.3, 0.4) is 0 Å². The molecule has 0 aromatic heterocycles. The van der Waals surface area contributed by atoms with Gasteiger partial charge in [-0.1, -0.05) is 32.1 Å². The molecular formula is C23H32N6. The fraction of sp³-hybridized carbons (Fsp3) is 0.696. The van der Waals surface area contributed by atoms with Crippen LogP contribution in [0.15, 0.2) is 6.33 Å². The van der Waals surface area contributed by atoms with Crippen LogP contribution in [-0.4, -0.2) is 52.5 Å². The molecule has 0 atom stereocenters. The zero-order chi connectivity index (χ0) is 19.6. The van der Waals surface area contributed by atoms with Gasteiger partial charge in [-0.25, -0.2) is 4.98 Å². The smallest absolute Gasteiger partial charge is 0.138 e. The van der Waals surface area contributed by atoms with Gasteiger partial charge in [-0.05, 0) is 55.7 Å². The SMILES string of the molecule is N#Cc1c2ncnn(N3CCN(CCC4CCCCC4)CC3)c-2c2c1CCCC2. The second-order valence-corrected chi connectivity index (χ2v) is 9.09. The van der Waals surface area contributed by atoms with Crippen LogP contribution in [0.25, 0.3) is 11.4 Å². The van der Waals surface area contributed by atoms with Crippen molar-refractivity contribution in [1.82, 2.24) is 19.8 Å². The second-order valence-electron chi connectivity index (χ2n) is 9.09. The third-order valence-electron chi connectivity index (χ3n) is 7.37. The molecule has 6 nitrogen and oxygen atoms in total. The first-order valence-electron chi connectivity index (χ1n) is 11.6. The highest BCUT2D eigenvalue weighted by Crippen LogP contribution is 2.39. The van der Waals surface area contributed by atoms with Crippen molar-refractivity contribution in [1.29, 1.82) is 5.26 Å². The van der Waals surface area contributed by atoms with Gasteiger partial charge in [-0.15, -0.1) is 5.10 Å². The van der Waals surface area contributed by atoms with Crippen LogP contribution in [0.1, 0.15) is 68.1 Å². The molecule has 1 saturated heterocycles. The maximum atomic E-state index is 9.74. The molecule has 2 aliphatic heterocycles. The number of hydrogen-bond donors (Lipinski definition) is 0. The topological polar surface area (TPSA) is 61.0 Å². The summed E-state index contributed by atoms with van der Waals surface area (Å²) < 4.78 is 0. The van der Waals surface area contributed by atoms with Gasteiger partial charge in [0.25, 0.3) is 0 Å². The van der Waals surface area contributed by atoms with E-state index in [9.17, 15) is 5.26 Å². The average Bonchev–Trinajstić information content (AvgIpc) is 3.12. The molecule has 29 heavy (non-hydrogen) atoms. The van der Waals surface area contributed by atoms with Gasteiger partial charge >= 0.3 is 0 Å². The Morgan fingerprint density at radius 1 is 0.966 bits per heavy atom. The van der Waals surface area contributed by atoms with Crippen molar-refractivity contribution in [3.05, 3.63) is 23.0 Å². The summed E-state index contributed by atoms with van der Waals surface area (Å²) in [5.41, 5.74) is 5.29. The Kier molecular flexibility index (Phi) is 5.41. The molecule has 0 aromatic carbocycles. The summed E-state index contributed by atoms with van der Waals surface area (Å²) in [5.74, 6) is 0.956. The number of hydrogen-bond acceptors (Lipinski definition) is 5. The van der Waals surface area contributed by atoms with Crippen molar-refractivity contribution in [2.75, 3.05) is 37.7 Å². The normalized spacial score (nSPS) is 21.3. The Bertz CT molecular complexity index is 851. The number of aromatic nitrogens is 3. The molecule has 1 saturated carbocycles. The third-order valence-corrected chi connectivity index (χ3v) is 7.37. The predicted molar refractivity (Wildman–Crippen MR) is 114 cm³/mol. The largest absolute Gasteiger partial charge is 0.300 e. The van der Waals surface area contributed by atoms with Gasteiger partial charge in [-0.3, -0.25) is 9.91 Å². The van der Waals surface area contributed by atoms with Crippen molar-refractivity contribution in [2.45, 2.75) is 64.2 Å². The van der Waals surface area contributed by atoms with Gasteiger partial charge in [0.05, 0.1) is 5.56 Å². The fourth-order valence-electron chi connectivity index (χ4n) is 5.70. The minimum Gasteiger partial charge on any atom is -0.300 e. The van der Waals surface area contributed by atoms with E-state index in [1.165, 1.54) is 69.0 Å². The maximum Gasteiger partial charge on any atom is 0.138 e. The first kappa shape index (κ1) is 18.9. The molecule has 2 fully saturated rings. The second kappa shape index (κ2) is 8.31. The quantitative estimate of drug-likeness (QED) is 0.798. The molecule has 5 rings (SSSR count). The predicted octanol–water partition coefficient (Wildman–Crippen LogP) is 3.36. The highest BCUT2D eigenvalue weighted by molar-refractivity contribution is 5.76.